The molecule has 4 nitrogen and oxygen atoms in total. The highest BCUT2D eigenvalue weighted by atomic mass is 16.3. The molecule has 2 unspecified atom stereocenters. The van der Waals surface area contributed by atoms with Gasteiger partial charge in [0.2, 0.25) is 5.91 Å². The molecule has 0 fully saturated rings. The normalized spacial score (nSPS) is 13.8. The maximum atomic E-state index is 12.2. The fourth-order valence-corrected chi connectivity index (χ4v) is 5.09. The van der Waals surface area contributed by atoms with Crippen molar-refractivity contribution in [2.75, 3.05) is 6.61 Å². The number of allylic oxidation sites excluding steroid dienone is 9. The van der Waals surface area contributed by atoms with Gasteiger partial charge >= 0.3 is 0 Å². The number of aliphatic hydroxyl groups excluding tert-OH is 2. The maximum Gasteiger partial charge on any atom is 0.220 e. The van der Waals surface area contributed by atoms with E-state index in [9.17, 15) is 15.0 Å². The third-order valence-electron chi connectivity index (χ3n) is 7.95. The molecule has 3 N–H and O–H groups in total. The van der Waals surface area contributed by atoms with E-state index in [0.717, 1.165) is 51.4 Å². The van der Waals surface area contributed by atoms with Crippen molar-refractivity contribution in [1.29, 1.82) is 0 Å². The van der Waals surface area contributed by atoms with Crippen molar-refractivity contribution in [3.63, 3.8) is 0 Å². The van der Waals surface area contributed by atoms with Crippen molar-refractivity contribution in [3.05, 3.63) is 60.8 Å². The summed E-state index contributed by atoms with van der Waals surface area (Å²) >= 11 is 0. The van der Waals surface area contributed by atoms with E-state index in [1.165, 1.54) is 96.3 Å². The highest BCUT2D eigenvalue weighted by Crippen LogP contribution is 2.13. The van der Waals surface area contributed by atoms with Crippen LogP contribution < -0.4 is 5.32 Å². The van der Waals surface area contributed by atoms with Gasteiger partial charge in [-0.3, -0.25) is 4.79 Å². The molecule has 0 radical (unpaired) electrons. The van der Waals surface area contributed by atoms with Crippen LogP contribution in [-0.2, 0) is 4.79 Å². The van der Waals surface area contributed by atoms with Gasteiger partial charge in [-0.15, -0.1) is 0 Å². The number of carbonyl (C=O) groups excluding carboxylic acids is 1. The summed E-state index contributed by atoms with van der Waals surface area (Å²) in [5, 5.41) is 22.7. The molecule has 0 aromatic rings. The first-order chi connectivity index (χ1) is 21.7. The molecule has 0 bridgehead atoms. The lowest BCUT2D eigenvalue weighted by atomic mass is 10.0. The first-order valence-corrected chi connectivity index (χ1v) is 18.5. The van der Waals surface area contributed by atoms with Crippen LogP contribution in [0.3, 0.4) is 0 Å². The van der Waals surface area contributed by atoms with E-state index < -0.39 is 12.1 Å². The van der Waals surface area contributed by atoms with Crippen LogP contribution in [0.25, 0.3) is 0 Å². The molecule has 1 amide bonds. The van der Waals surface area contributed by atoms with Crippen molar-refractivity contribution in [3.8, 4) is 0 Å². The lowest BCUT2D eigenvalue weighted by Crippen LogP contribution is -2.45. The van der Waals surface area contributed by atoms with Crippen LogP contribution in [0.4, 0.5) is 0 Å². The molecule has 0 rings (SSSR count). The van der Waals surface area contributed by atoms with Crippen LogP contribution in [0.15, 0.2) is 60.8 Å². The zero-order valence-corrected chi connectivity index (χ0v) is 28.9. The molecule has 0 saturated heterocycles. The van der Waals surface area contributed by atoms with Gasteiger partial charge < -0.3 is 15.5 Å². The van der Waals surface area contributed by atoms with E-state index >= 15 is 0 Å². The molecule has 2 atom stereocenters. The van der Waals surface area contributed by atoms with E-state index in [4.69, 9.17) is 0 Å². The summed E-state index contributed by atoms with van der Waals surface area (Å²) in [5.41, 5.74) is 0. The minimum atomic E-state index is -0.862. The number of carbonyl (C=O) groups is 1. The number of unbranched alkanes of at least 4 members (excludes halogenated alkanes) is 17. The third kappa shape index (κ3) is 31.5. The minimum Gasteiger partial charge on any atom is -0.394 e. The number of rotatable bonds is 32. The fourth-order valence-electron chi connectivity index (χ4n) is 5.09. The third-order valence-corrected chi connectivity index (χ3v) is 7.95. The van der Waals surface area contributed by atoms with Gasteiger partial charge in [0, 0.05) is 6.42 Å². The molecule has 0 aliphatic heterocycles. The first kappa shape index (κ1) is 42.1. The second-order valence-corrected chi connectivity index (χ2v) is 12.3. The van der Waals surface area contributed by atoms with Crippen LogP contribution in [0.2, 0.25) is 0 Å². The Balaban J connectivity index is 3.56. The molecule has 0 aromatic heterocycles. The minimum absolute atomic E-state index is 0.0863. The van der Waals surface area contributed by atoms with E-state index in [-0.39, 0.29) is 12.5 Å². The summed E-state index contributed by atoms with van der Waals surface area (Å²) in [6, 6.07) is -0.639. The Morgan fingerprint density at radius 1 is 0.545 bits per heavy atom. The second-order valence-electron chi connectivity index (χ2n) is 12.3. The molecular weight excluding hydrogens is 542 g/mol. The summed E-state index contributed by atoms with van der Waals surface area (Å²) in [4.78, 5) is 12.2. The molecule has 0 spiro atoms. The van der Waals surface area contributed by atoms with E-state index in [1.54, 1.807) is 6.08 Å². The number of hydrogen-bond acceptors (Lipinski definition) is 3. The zero-order valence-electron chi connectivity index (χ0n) is 28.9. The SMILES string of the molecule is CCC/C=C/CC/C=C/C(O)C(CO)NC(=O)CCCCCCCCCCCC/C=C\C/C=C\C/C=C\CCCCCCC. The van der Waals surface area contributed by atoms with Crippen LogP contribution in [-0.4, -0.2) is 34.9 Å². The van der Waals surface area contributed by atoms with Gasteiger partial charge in [-0.1, -0.05) is 158 Å². The highest BCUT2D eigenvalue weighted by molar-refractivity contribution is 5.76. The Morgan fingerprint density at radius 3 is 1.55 bits per heavy atom. The van der Waals surface area contributed by atoms with E-state index in [2.05, 4.69) is 67.8 Å². The standard InChI is InChI=1S/C40H71NO3/c1-3-5-7-9-11-12-13-14-15-16-17-18-19-20-21-22-23-24-25-26-27-28-30-32-34-36-40(44)41-38(37-42)39(43)35-33-31-29-10-8-6-4-2/h8,10,13-14,16-17,19-20,33,35,38-39,42-43H,3-7,9,11-12,15,18,21-32,34,36-37H2,1-2H3,(H,41,44)/b10-8+,14-13-,17-16-,20-19-,35-33+. The molecule has 0 saturated carbocycles. The second kappa shape index (κ2) is 35.6. The van der Waals surface area contributed by atoms with Crippen LogP contribution in [0.5, 0.6) is 0 Å². The Hall–Kier alpha value is -1.91. The Labute approximate surface area is 273 Å². The van der Waals surface area contributed by atoms with Gasteiger partial charge in [-0.25, -0.2) is 0 Å². The molecule has 254 valence electrons. The van der Waals surface area contributed by atoms with Crippen molar-refractivity contribution < 1.29 is 15.0 Å². The lowest BCUT2D eigenvalue weighted by Gasteiger charge is -2.19. The van der Waals surface area contributed by atoms with Gasteiger partial charge in [0.15, 0.2) is 0 Å². The Bertz CT molecular complexity index is 752. The van der Waals surface area contributed by atoms with Gasteiger partial charge in [-0.2, -0.15) is 0 Å². The average Bonchev–Trinajstić information content (AvgIpc) is 3.03. The quantitative estimate of drug-likeness (QED) is 0.0522. The van der Waals surface area contributed by atoms with Crippen molar-refractivity contribution in [2.45, 2.75) is 180 Å². The highest BCUT2D eigenvalue weighted by Gasteiger charge is 2.17. The van der Waals surface area contributed by atoms with Gasteiger partial charge in [0.05, 0.1) is 18.8 Å². The van der Waals surface area contributed by atoms with Crippen molar-refractivity contribution >= 4 is 5.91 Å². The molecule has 0 aliphatic carbocycles. The number of amides is 1. The molecule has 0 heterocycles. The fraction of sp³-hybridized carbons (Fsp3) is 0.725. The monoisotopic (exact) mass is 614 g/mol. The maximum absolute atomic E-state index is 12.2. The number of hydrogen-bond donors (Lipinski definition) is 3. The van der Waals surface area contributed by atoms with Crippen LogP contribution in [0.1, 0.15) is 168 Å². The lowest BCUT2D eigenvalue weighted by molar-refractivity contribution is -0.123. The van der Waals surface area contributed by atoms with Crippen LogP contribution in [0, 0.1) is 0 Å². The molecule has 0 aliphatic rings. The van der Waals surface area contributed by atoms with Gasteiger partial charge in [0.1, 0.15) is 0 Å². The Kier molecular flexibility index (Phi) is 34.0. The van der Waals surface area contributed by atoms with Crippen LogP contribution >= 0.6 is 0 Å². The molecular formula is C40H71NO3. The topological polar surface area (TPSA) is 69.6 Å². The smallest absolute Gasteiger partial charge is 0.220 e. The molecule has 44 heavy (non-hydrogen) atoms. The summed E-state index contributed by atoms with van der Waals surface area (Å²) in [7, 11) is 0. The number of aliphatic hydroxyl groups is 2. The average molecular weight is 614 g/mol. The zero-order chi connectivity index (χ0) is 32.2. The molecule has 0 aromatic carbocycles. The first-order valence-electron chi connectivity index (χ1n) is 18.5. The largest absolute Gasteiger partial charge is 0.394 e. The summed E-state index contributed by atoms with van der Waals surface area (Å²) in [5.74, 6) is -0.0863. The Morgan fingerprint density at radius 2 is 1.00 bits per heavy atom. The number of nitrogens with one attached hydrogen (secondary N) is 1. The summed E-state index contributed by atoms with van der Waals surface area (Å²) in [6.45, 7) is 4.16. The van der Waals surface area contributed by atoms with E-state index in [0.29, 0.717) is 6.42 Å². The van der Waals surface area contributed by atoms with E-state index in [1.807, 2.05) is 6.08 Å². The van der Waals surface area contributed by atoms with Gasteiger partial charge in [0.25, 0.3) is 0 Å². The predicted molar refractivity (Wildman–Crippen MR) is 193 cm³/mol. The molecule has 4 heteroatoms. The van der Waals surface area contributed by atoms with Crippen molar-refractivity contribution in [1.82, 2.24) is 5.32 Å². The van der Waals surface area contributed by atoms with Crippen molar-refractivity contribution in [2.24, 2.45) is 0 Å². The summed E-state index contributed by atoms with van der Waals surface area (Å²) in [6.07, 6.45) is 49.0. The predicted octanol–water partition coefficient (Wildman–Crippen LogP) is 11.0. The summed E-state index contributed by atoms with van der Waals surface area (Å²) < 4.78 is 0. The van der Waals surface area contributed by atoms with Gasteiger partial charge in [-0.05, 0) is 64.2 Å².